The molecule has 5 N–H and O–H groups in total. The van der Waals surface area contributed by atoms with Crippen LogP contribution >= 0.6 is 0 Å². The van der Waals surface area contributed by atoms with E-state index in [2.05, 4.69) is 0 Å². The Morgan fingerprint density at radius 3 is 2.00 bits per heavy atom. The molecule has 0 saturated carbocycles. The average Bonchev–Trinajstić information content (AvgIpc) is 1.30. The summed E-state index contributed by atoms with van der Waals surface area (Å²) in [6, 6.07) is 0. The molecule has 0 aliphatic heterocycles. The fraction of sp³-hybridized carbons (Fsp3) is 1.00. The molecule has 0 saturated heterocycles. The molecule has 3 nitrogen and oxygen atoms in total. The Morgan fingerprint density at radius 1 is 1.57 bits per heavy atom. The standard InChI is InChI=1S/C4H12N2O/c1-4(5,6)2-3-7/h7H,2-3,5-6H2,1H3. The summed E-state index contributed by atoms with van der Waals surface area (Å²) in [4.78, 5) is 0. The lowest BCUT2D eigenvalue weighted by molar-refractivity contribution is 0.249. The fourth-order valence-corrected chi connectivity index (χ4v) is 0.241. The first kappa shape index (κ1) is 6.88. The Hall–Kier alpha value is -0.120. The average molecular weight is 104 g/mol. The molecule has 0 unspecified atom stereocenters. The van der Waals surface area contributed by atoms with Crippen LogP contribution in [-0.2, 0) is 0 Å². The van der Waals surface area contributed by atoms with Crippen molar-refractivity contribution < 1.29 is 5.11 Å². The molecule has 0 rings (SSSR count). The maximum Gasteiger partial charge on any atom is 0.0629 e. The molecule has 0 spiro atoms. The first-order valence-electron chi connectivity index (χ1n) is 2.25. The van der Waals surface area contributed by atoms with Crippen LogP contribution in [-0.4, -0.2) is 17.4 Å². The molecule has 0 aromatic rings. The van der Waals surface area contributed by atoms with E-state index in [9.17, 15) is 0 Å². The van der Waals surface area contributed by atoms with Crippen LogP contribution < -0.4 is 11.5 Å². The molecule has 0 bridgehead atoms. The Labute approximate surface area is 43.3 Å². The monoisotopic (exact) mass is 104 g/mol. The smallest absolute Gasteiger partial charge is 0.0629 e. The zero-order valence-electron chi connectivity index (χ0n) is 4.52. The molecule has 0 amide bonds. The summed E-state index contributed by atoms with van der Waals surface area (Å²) in [5, 5.41) is 8.24. The molecule has 0 aromatic carbocycles. The van der Waals surface area contributed by atoms with Gasteiger partial charge >= 0.3 is 0 Å². The van der Waals surface area contributed by atoms with Crippen LogP contribution in [0.4, 0.5) is 0 Å². The van der Waals surface area contributed by atoms with Crippen LogP contribution in [0.25, 0.3) is 0 Å². The molecule has 44 valence electrons. The van der Waals surface area contributed by atoms with Crippen molar-refractivity contribution in [1.29, 1.82) is 0 Å². The van der Waals surface area contributed by atoms with Gasteiger partial charge < -0.3 is 16.6 Å². The van der Waals surface area contributed by atoms with Gasteiger partial charge in [0.2, 0.25) is 0 Å². The van der Waals surface area contributed by atoms with Gasteiger partial charge in [0.05, 0.1) is 5.66 Å². The maximum absolute atomic E-state index is 8.24. The summed E-state index contributed by atoms with van der Waals surface area (Å²) in [5.41, 5.74) is 9.83. The van der Waals surface area contributed by atoms with E-state index in [-0.39, 0.29) is 6.61 Å². The van der Waals surface area contributed by atoms with Crippen molar-refractivity contribution in [2.45, 2.75) is 19.0 Å². The van der Waals surface area contributed by atoms with Gasteiger partial charge in [-0.15, -0.1) is 0 Å². The van der Waals surface area contributed by atoms with E-state index in [1.165, 1.54) is 0 Å². The first-order chi connectivity index (χ1) is 3.06. The zero-order chi connectivity index (χ0) is 5.91. The predicted molar refractivity (Wildman–Crippen MR) is 28.5 cm³/mol. The molecule has 0 atom stereocenters. The normalized spacial score (nSPS) is 12.0. The third kappa shape index (κ3) is 5.88. The van der Waals surface area contributed by atoms with Gasteiger partial charge in [0, 0.05) is 13.0 Å². The Bertz CT molecular complexity index is 48.1. The first-order valence-corrected chi connectivity index (χ1v) is 2.25. The lowest BCUT2D eigenvalue weighted by Crippen LogP contribution is -2.46. The van der Waals surface area contributed by atoms with Crippen molar-refractivity contribution >= 4 is 0 Å². The van der Waals surface area contributed by atoms with E-state index in [1.807, 2.05) is 0 Å². The third-order valence-electron chi connectivity index (χ3n) is 0.650. The van der Waals surface area contributed by atoms with E-state index in [0.717, 1.165) is 0 Å². The van der Waals surface area contributed by atoms with Gasteiger partial charge in [0.1, 0.15) is 0 Å². The third-order valence-corrected chi connectivity index (χ3v) is 0.650. The van der Waals surface area contributed by atoms with E-state index in [0.29, 0.717) is 6.42 Å². The summed E-state index contributed by atoms with van der Waals surface area (Å²) in [5.74, 6) is 0. The van der Waals surface area contributed by atoms with Crippen LogP contribution in [0.15, 0.2) is 0 Å². The Morgan fingerprint density at radius 2 is 2.00 bits per heavy atom. The van der Waals surface area contributed by atoms with Gasteiger partial charge in [0.25, 0.3) is 0 Å². The number of aliphatic hydroxyl groups excluding tert-OH is 1. The number of hydrogen-bond acceptors (Lipinski definition) is 3. The summed E-state index contributed by atoms with van der Waals surface area (Å²) >= 11 is 0. The Balaban J connectivity index is 3.15. The van der Waals surface area contributed by atoms with Crippen LogP contribution in [0.1, 0.15) is 13.3 Å². The highest BCUT2D eigenvalue weighted by Gasteiger charge is 2.07. The molecule has 3 heteroatoms. The van der Waals surface area contributed by atoms with Gasteiger partial charge in [-0.25, -0.2) is 0 Å². The second kappa shape index (κ2) is 2.26. The minimum absolute atomic E-state index is 0.0590. The quantitative estimate of drug-likeness (QED) is 0.393. The van der Waals surface area contributed by atoms with E-state index < -0.39 is 5.66 Å². The van der Waals surface area contributed by atoms with Crippen molar-refractivity contribution in [3.8, 4) is 0 Å². The van der Waals surface area contributed by atoms with Crippen LogP contribution in [0.5, 0.6) is 0 Å². The second-order valence-electron chi connectivity index (χ2n) is 1.98. The lowest BCUT2D eigenvalue weighted by Gasteiger charge is -2.15. The second-order valence-corrected chi connectivity index (χ2v) is 1.98. The largest absolute Gasteiger partial charge is 0.396 e. The van der Waals surface area contributed by atoms with E-state index in [4.69, 9.17) is 16.6 Å². The highest BCUT2D eigenvalue weighted by Crippen LogP contribution is 1.91. The summed E-state index contributed by atoms with van der Waals surface area (Å²) < 4.78 is 0. The number of hydrogen-bond donors (Lipinski definition) is 3. The molecule has 0 aliphatic rings. The maximum atomic E-state index is 8.24. The van der Waals surface area contributed by atoms with Crippen LogP contribution in [0.2, 0.25) is 0 Å². The van der Waals surface area contributed by atoms with Gasteiger partial charge in [-0.3, -0.25) is 0 Å². The SMILES string of the molecule is CC(N)(N)CCO. The highest BCUT2D eigenvalue weighted by molar-refractivity contribution is 4.67. The van der Waals surface area contributed by atoms with Gasteiger partial charge in [-0.1, -0.05) is 0 Å². The topological polar surface area (TPSA) is 72.3 Å². The van der Waals surface area contributed by atoms with E-state index >= 15 is 0 Å². The van der Waals surface area contributed by atoms with Gasteiger partial charge in [0.15, 0.2) is 0 Å². The molecule has 0 aliphatic carbocycles. The predicted octanol–water partition coefficient (Wildman–Crippen LogP) is -0.998. The van der Waals surface area contributed by atoms with Gasteiger partial charge in [-0.05, 0) is 6.92 Å². The lowest BCUT2D eigenvalue weighted by atomic mass is 10.2. The molecule has 7 heavy (non-hydrogen) atoms. The van der Waals surface area contributed by atoms with Gasteiger partial charge in [-0.2, -0.15) is 0 Å². The molecule has 0 fully saturated rings. The molecular formula is C4H12N2O. The molecule has 0 heterocycles. The molecule has 0 radical (unpaired) electrons. The van der Waals surface area contributed by atoms with Crippen molar-refractivity contribution in [3.63, 3.8) is 0 Å². The zero-order valence-corrected chi connectivity index (χ0v) is 4.52. The Kier molecular flexibility index (Phi) is 2.22. The molecule has 0 aromatic heterocycles. The number of rotatable bonds is 2. The highest BCUT2D eigenvalue weighted by atomic mass is 16.3. The van der Waals surface area contributed by atoms with E-state index in [1.54, 1.807) is 6.92 Å². The van der Waals surface area contributed by atoms with Crippen molar-refractivity contribution in [1.82, 2.24) is 0 Å². The van der Waals surface area contributed by atoms with Crippen molar-refractivity contribution in [3.05, 3.63) is 0 Å². The number of aliphatic hydroxyl groups is 1. The summed E-state index contributed by atoms with van der Waals surface area (Å²) in [6.45, 7) is 1.73. The molecular weight excluding hydrogens is 92.1 g/mol. The van der Waals surface area contributed by atoms with Crippen LogP contribution in [0.3, 0.4) is 0 Å². The minimum Gasteiger partial charge on any atom is -0.396 e. The van der Waals surface area contributed by atoms with Crippen molar-refractivity contribution in [2.24, 2.45) is 11.5 Å². The summed E-state index contributed by atoms with van der Waals surface area (Å²) in [6.07, 6.45) is 0.451. The summed E-state index contributed by atoms with van der Waals surface area (Å²) in [7, 11) is 0. The van der Waals surface area contributed by atoms with Crippen molar-refractivity contribution in [2.75, 3.05) is 6.61 Å². The number of nitrogens with two attached hydrogens (primary N) is 2. The fourth-order valence-electron chi connectivity index (χ4n) is 0.241. The minimum atomic E-state index is -0.700. The van der Waals surface area contributed by atoms with Crippen LogP contribution in [0, 0.1) is 0 Å².